The van der Waals surface area contributed by atoms with Crippen molar-refractivity contribution in [2.45, 2.75) is 56.8 Å². The fourth-order valence-electron chi connectivity index (χ4n) is 6.01. The van der Waals surface area contributed by atoms with Crippen LogP contribution in [-0.4, -0.2) is 37.0 Å². The SMILES string of the molecule is COc1ccccc1COC[C@@H](O)C[NH2+]C12CC3CC(CC(C3)C1)C2. The van der Waals surface area contributed by atoms with Gasteiger partial charge in [-0.15, -0.1) is 0 Å². The molecule has 4 fully saturated rings. The Morgan fingerprint density at radius 2 is 1.76 bits per heavy atom. The van der Waals surface area contributed by atoms with Gasteiger partial charge in [-0.3, -0.25) is 0 Å². The monoisotopic (exact) mass is 346 g/mol. The molecule has 1 atom stereocenters. The van der Waals surface area contributed by atoms with E-state index < -0.39 is 6.10 Å². The van der Waals surface area contributed by atoms with Crippen molar-refractivity contribution in [2.75, 3.05) is 20.3 Å². The van der Waals surface area contributed by atoms with Crippen molar-refractivity contribution in [3.8, 4) is 5.75 Å². The Balaban J connectivity index is 1.23. The zero-order valence-electron chi connectivity index (χ0n) is 15.3. The summed E-state index contributed by atoms with van der Waals surface area (Å²) < 4.78 is 11.1. The first-order chi connectivity index (χ1) is 12.2. The fraction of sp³-hybridized carbons (Fsp3) is 0.714. The van der Waals surface area contributed by atoms with Gasteiger partial charge < -0.3 is 19.9 Å². The molecule has 4 bridgehead atoms. The van der Waals surface area contributed by atoms with Gasteiger partial charge in [0.05, 0.1) is 25.9 Å². The average Bonchev–Trinajstić information content (AvgIpc) is 2.59. The van der Waals surface area contributed by atoms with Crippen molar-refractivity contribution in [3.63, 3.8) is 0 Å². The summed E-state index contributed by atoms with van der Waals surface area (Å²) in [5.41, 5.74) is 1.46. The lowest BCUT2D eigenvalue weighted by Crippen LogP contribution is -3.00. The quantitative estimate of drug-likeness (QED) is 0.758. The van der Waals surface area contributed by atoms with Gasteiger partial charge in [-0.25, -0.2) is 0 Å². The Morgan fingerprint density at radius 3 is 2.40 bits per heavy atom. The maximum absolute atomic E-state index is 10.4. The van der Waals surface area contributed by atoms with Gasteiger partial charge >= 0.3 is 0 Å². The largest absolute Gasteiger partial charge is 0.496 e. The van der Waals surface area contributed by atoms with E-state index in [-0.39, 0.29) is 0 Å². The molecule has 0 amide bonds. The second-order valence-corrected chi connectivity index (χ2v) is 8.70. The zero-order valence-corrected chi connectivity index (χ0v) is 15.3. The van der Waals surface area contributed by atoms with E-state index in [1.807, 2.05) is 24.3 Å². The van der Waals surface area contributed by atoms with Gasteiger partial charge in [-0.1, -0.05) is 18.2 Å². The molecular formula is C21H32NO3+. The molecule has 4 nitrogen and oxygen atoms in total. The van der Waals surface area contributed by atoms with Crippen molar-refractivity contribution in [2.24, 2.45) is 17.8 Å². The van der Waals surface area contributed by atoms with Crippen LogP contribution in [0, 0.1) is 17.8 Å². The predicted octanol–water partition coefficient (Wildman–Crippen LogP) is 2.10. The van der Waals surface area contributed by atoms with Crippen molar-refractivity contribution in [1.29, 1.82) is 0 Å². The first-order valence-electron chi connectivity index (χ1n) is 9.88. The molecule has 5 rings (SSSR count). The molecule has 0 heterocycles. The van der Waals surface area contributed by atoms with E-state index in [4.69, 9.17) is 9.47 Å². The molecule has 0 aliphatic heterocycles. The first kappa shape index (κ1) is 17.3. The van der Waals surface area contributed by atoms with Gasteiger partial charge in [0.25, 0.3) is 0 Å². The Hall–Kier alpha value is -1.10. The van der Waals surface area contributed by atoms with E-state index in [1.54, 1.807) is 7.11 Å². The second kappa shape index (κ2) is 7.26. The summed E-state index contributed by atoms with van der Waals surface area (Å²) in [5, 5.41) is 12.8. The third kappa shape index (κ3) is 3.86. The normalized spacial score (nSPS) is 34.2. The van der Waals surface area contributed by atoms with E-state index in [1.165, 1.54) is 38.5 Å². The van der Waals surface area contributed by atoms with E-state index in [9.17, 15) is 5.11 Å². The number of hydrogen-bond donors (Lipinski definition) is 2. The summed E-state index contributed by atoms with van der Waals surface area (Å²) in [5.74, 6) is 3.72. The predicted molar refractivity (Wildman–Crippen MR) is 96.4 cm³/mol. The summed E-state index contributed by atoms with van der Waals surface area (Å²) in [4.78, 5) is 0. The molecule has 0 radical (unpaired) electrons. The summed E-state index contributed by atoms with van der Waals surface area (Å²) >= 11 is 0. The molecule has 25 heavy (non-hydrogen) atoms. The van der Waals surface area contributed by atoms with Crippen LogP contribution in [0.4, 0.5) is 0 Å². The molecule has 0 aromatic heterocycles. The third-order valence-corrected chi connectivity index (χ3v) is 6.67. The minimum absolute atomic E-state index is 0.390. The highest BCUT2D eigenvalue weighted by atomic mass is 16.5. The summed E-state index contributed by atoms with van der Waals surface area (Å²) in [6.45, 7) is 1.64. The molecule has 4 saturated carbocycles. The molecule has 0 spiro atoms. The van der Waals surface area contributed by atoms with Gasteiger partial charge in [-0.05, 0) is 43.1 Å². The molecule has 3 N–H and O–H groups in total. The lowest BCUT2D eigenvalue weighted by molar-refractivity contribution is -0.743. The van der Waals surface area contributed by atoms with Gasteiger partial charge in [-0.2, -0.15) is 0 Å². The molecule has 1 aromatic carbocycles. The van der Waals surface area contributed by atoms with Crippen LogP contribution in [0.2, 0.25) is 0 Å². The van der Waals surface area contributed by atoms with Crippen LogP contribution in [0.1, 0.15) is 44.1 Å². The van der Waals surface area contributed by atoms with Crippen LogP contribution < -0.4 is 10.1 Å². The highest BCUT2D eigenvalue weighted by Gasteiger charge is 2.53. The van der Waals surface area contributed by atoms with Crippen LogP contribution >= 0.6 is 0 Å². The van der Waals surface area contributed by atoms with Crippen LogP contribution in [0.5, 0.6) is 5.75 Å². The zero-order chi connectivity index (χ0) is 17.3. The Labute approximate surface area is 150 Å². The molecule has 4 aliphatic carbocycles. The molecule has 4 heteroatoms. The third-order valence-electron chi connectivity index (χ3n) is 6.67. The number of quaternary nitrogens is 1. The molecule has 1 aromatic rings. The number of nitrogens with two attached hydrogens (primary N) is 1. The second-order valence-electron chi connectivity index (χ2n) is 8.70. The van der Waals surface area contributed by atoms with Gasteiger partial charge in [0.1, 0.15) is 18.4 Å². The molecule has 138 valence electrons. The number of rotatable bonds is 8. The van der Waals surface area contributed by atoms with Crippen LogP contribution in [0.3, 0.4) is 0 Å². The van der Waals surface area contributed by atoms with E-state index in [2.05, 4.69) is 5.32 Å². The van der Waals surface area contributed by atoms with Crippen LogP contribution in [0.25, 0.3) is 0 Å². The lowest BCUT2D eigenvalue weighted by Gasteiger charge is -2.54. The van der Waals surface area contributed by atoms with Crippen LogP contribution in [-0.2, 0) is 11.3 Å². The van der Waals surface area contributed by atoms with E-state index >= 15 is 0 Å². The Bertz CT molecular complexity index is 553. The van der Waals surface area contributed by atoms with Crippen molar-refractivity contribution < 1.29 is 19.9 Å². The number of hydrogen-bond acceptors (Lipinski definition) is 3. The highest BCUT2D eigenvalue weighted by molar-refractivity contribution is 5.32. The van der Waals surface area contributed by atoms with E-state index in [0.29, 0.717) is 18.8 Å². The minimum Gasteiger partial charge on any atom is -0.496 e. The standard InChI is InChI=1S/C21H31NO3/c1-24-20-5-3-2-4-18(20)13-25-14-19(23)12-22-21-9-15-6-16(10-21)8-17(7-15)11-21/h2-5,15-17,19,22-23H,6-14H2,1H3/p+1/t15?,16?,17?,19-,21?/m0/s1. The highest BCUT2D eigenvalue weighted by Crippen LogP contribution is 2.54. The number of aliphatic hydroxyl groups is 1. The van der Waals surface area contributed by atoms with E-state index in [0.717, 1.165) is 35.6 Å². The topological polar surface area (TPSA) is 55.3 Å². The summed E-state index contributed by atoms with van der Waals surface area (Å²) in [7, 11) is 1.67. The van der Waals surface area contributed by atoms with Gasteiger partial charge in [0.2, 0.25) is 0 Å². The van der Waals surface area contributed by atoms with Crippen LogP contribution in [0.15, 0.2) is 24.3 Å². The lowest BCUT2D eigenvalue weighted by atomic mass is 9.53. The Kier molecular flexibility index (Phi) is 5.03. The number of aliphatic hydroxyl groups excluding tert-OH is 1. The minimum atomic E-state index is -0.400. The Morgan fingerprint density at radius 1 is 1.12 bits per heavy atom. The van der Waals surface area contributed by atoms with Gasteiger partial charge in [0.15, 0.2) is 0 Å². The van der Waals surface area contributed by atoms with Gasteiger partial charge in [0, 0.05) is 24.8 Å². The van der Waals surface area contributed by atoms with Crippen molar-refractivity contribution in [3.05, 3.63) is 29.8 Å². The van der Waals surface area contributed by atoms with Crippen molar-refractivity contribution in [1.82, 2.24) is 0 Å². The molecule has 0 unspecified atom stereocenters. The smallest absolute Gasteiger partial charge is 0.126 e. The molecule has 0 saturated heterocycles. The summed E-state index contributed by atoms with van der Waals surface area (Å²) in [6, 6.07) is 7.89. The maximum atomic E-state index is 10.4. The summed E-state index contributed by atoms with van der Waals surface area (Å²) in [6.07, 6.45) is 8.12. The number of benzene rings is 1. The molecular weight excluding hydrogens is 314 g/mol. The number of ether oxygens (including phenoxy) is 2. The number of methoxy groups -OCH3 is 1. The first-order valence-corrected chi connectivity index (χ1v) is 9.88. The number of para-hydroxylation sites is 1. The fourth-order valence-corrected chi connectivity index (χ4v) is 6.01. The van der Waals surface area contributed by atoms with Crippen molar-refractivity contribution >= 4 is 0 Å². The maximum Gasteiger partial charge on any atom is 0.126 e. The average molecular weight is 346 g/mol. The molecule has 4 aliphatic rings.